The lowest BCUT2D eigenvalue weighted by atomic mass is 9.86. The van der Waals surface area contributed by atoms with Crippen molar-refractivity contribution in [3.63, 3.8) is 0 Å². The Labute approximate surface area is 104 Å². The van der Waals surface area contributed by atoms with Gasteiger partial charge in [-0.3, -0.25) is 0 Å². The highest BCUT2D eigenvalue weighted by Crippen LogP contribution is 2.26. The van der Waals surface area contributed by atoms with Gasteiger partial charge >= 0.3 is 18.0 Å². The van der Waals surface area contributed by atoms with Crippen LogP contribution in [-0.4, -0.2) is 38.7 Å². The molecule has 1 amide bonds. The highest BCUT2D eigenvalue weighted by Gasteiger charge is 2.49. The first-order valence-electron chi connectivity index (χ1n) is 5.12. The van der Waals surface area contributed by atoms with Crippen LogP contribution in [0.1, 0.15) is 13.3 Å². The molecule has 0 aliphatic carbocycles. The number of hydrogen-bond acceptors (Lipinski definition) is 8. The number of hydrogen-bond donors (Lipinski definition) is 3. The number of ether oxygens (including phenoxy) is 1. The molecule has 9 nitrogen and oxygen atoms in total. The van der Waals surface area contributed by atoms with Gasteiger partial charge in [-0.15, -0.1) is 0 Å². The molecule has 0 fully saturated rings. The maximum absolute atomic E-state index is 11.8. The van der Waals surface area contributed by atoms with Gasteiger partial charge in [-0.1, -0.05) is 6.92 Å². The first kappa shape index (κ1) is 16.1. The second kappa shape index (κ2) is 7.45. The van der Waals surface area contributed by atoms with Crippen LogP contribution in [0.25, 0.3) is 0 Å². The first-order chi connectivity index (χ1) is 8.44. The van der Waals surface area contributed by atoms with Crippen molar-refractivity contribution in [1.82, 2.24) is 11.0 Å². The predicted molar refractivity (Wildman–Crippen MR) is 58.6 cm³/mol. The normalized spacial score (nSPS) is 10.6. The van der Waals surface area contributed by atoms with Crippen LogP contribution < -0.4 is 16.7 Å². The third-order valence-electron chi connectivity index (χ3n) is 2.24. The summed E-state index contributed by atoms with van der Waals surface area (Å²) >= 11 is 0. The van der Waals surface area contributed by atoms with Gasteiger partial charge in [0.15, 0.2) is 0 Å². The van der Waals surface area contributed by atoms with Crippen LogP contribution in [0.3, 0.4) is 0 Å². The lowest BCUT2D eigenvalue weighted by Crippen LogP contribution is -2.48. The summed E-state index contributed by atoms with van der Waals surface area (Å²) in [6, 6.07) is 0. The van der Waals surface area contributed by atoms with Crippen molar-refractivity contribution >= 4 is 18.0 Å². The molecule has 0 saturated heterocycles. The fourth-order valence-corrected chi connectivity index (χ4v) is 1.17. The molecule has 4 N–H and O–H groups in total. The molecule has 0 unspecified atom stereocenters. The van der Waals surface area contributed by atoms with Crippen LogP contribution >= 0.6 is 0 Å². The van der Waals surface area contributed by atoms with E-state index in [2.05, 4.69) is 25.4 Å². The Morgan fingerprint density at radius 3 is 1.83 bits per heavy atom. The Kier molecular flexibility index (Phi) is 6.68. The van der Waals surface area contributed by atoms with E-state index in [9.17, 15) is 14.4 Å². The molecule has 0 rings (SSSR count). The molecule has 18 heavy (non-hydrogen) atoms. The molecule has 0 bridgehead atoms. The van der Waals surface area contributed by atoms with Crippen LogP contribution in [0.15, 0.2) is 0 Å². The molecule has 0 aromatic heterocycles. The molecular formula is C9H17N3O6. The van der Waals surface area contributed by atoms with Crippen molar-refractivity contribution in [2.24, 2.45) is 11.1 Å². The summed E-state index contributed by atoms with van der Waals surface area (Å²) in [5.74, 6) is -1.87. The van der Waals surface area contributed by atoms with Gasteiger partial charge in [-0.25, -0.2) is 14.4 Å². The van der Waals surface area contributed by atoms with Gasteiger partial charge < -0.3 is 20.1 Å². The average molecular weight is 263 g/mol. The van der Waals surface area contributed by atoms with E-state index in [1.807, 2.05) is 0 Å². The summed E-state index contributed by atoms with van der Waals surface area (Å²) in [4.78, 5) is 43.2. The van der Waals surface area contributed by atoms with Crippen molar-refractivity contribution < 1.29 is 28.8 Å². The summed E-state index contributed by atoms with van der Waals surface area (Å²) in [5, 5.41) is 0. The number of amides is 1. The van der Waals surface area contributed by atoms with Crippen molar-refractivity contribution in [2.45, 2.75) is 13.3 Å². The van der Waals surface area contributed by atoms with Gasteiger partial charge in [0.2, 0.25) is 5.41 Å². The third-order valence-corrected chi connectivity index (χ3v) is 2.24. The zero-order chi connectivity index (χ0) is 14.2. The van der Waals surface area contributed by atoms with Crippen LogP contribution in [-0.2, 0) is 24.0 Å². The quantitative estimate of drug-likeness (QED) is 0.298. The molecule has 0 spiro atoms. The maximum atomic E-state index is 11.8. The molecule has 0 saturated carbocycles. The Morgan fingerprint density at radius 2 is 1.56 bits per heavy atom. The fourth-order valence-electron chi connectivity index (χ4n) is 1.17. The second-order valence-corrected chi connectivity index (χ2v) is 3.23. The van der Waals surface area contributed by atoms with Crippen LogP contribution in [0.4, 0.5) is 4.79 Å². The van der Waals surface area contributed by atoms with Crippen molar-refractivity contribution in [2.75, 3.05) is 20.7 Å². The topological polar surface area (TPSA) is 129 Å². The van der Waals surface area contributed by atoms with Crippen molar-refractivity contribution in [3.8, 4) is 0 Å². The Morgan fingerprint density at radius 1 is 1.11 bits per heavy atom. The largest absolute Gasteiger partial charge is 0.448 e. The Balaban J connectivity index is 5.11. The van der Waals surface area contributed by atoms with E-state index in [4.69, 9.17) is 5.73 Å². The van der Waals surface area contributed by atoms with Crippen LogP contribution in [0.2, 0.25) is 0 Å². The third kappa shape index (κ3) is 3.86. The second-order valence-electron chi connectivity index (χ2n) is 3.23. The molecule has 0 heterocycles. The van der Waals surface area contributed by atoms with E-state index in [0.717, 1.165) is 0 Å². The average Bonchev–Trinajstić information content (AvgIpc) is 2.30. The minimum absolute atomic E-state index is 0.00130. The van der Waals surface area contributed by atoms with Crippen LogP contribution in [0.5, 0.6) is 0 Å². The van der Waals surface area contributed by atoms with E-state index in [1.54, 1.807) is 0 Å². The molecule has 0 atom stereocenters. The van der Waals surface area contributed by atoms with E-state index < -0.39 is 30.1 Å². The monoisotopic (exact) mass is 263 g/mol. The molecular weight excluding hydrogens is 246 g/mol. The van der Waals surface area contributed by atoms with Crippen LogP contribution in [0, 0.1) is 5.41 Å². The van der Waals surface area contributed by atoms with Gasteiger partial charge in [0, 0.05) is 14.1 Å². The number of hydroxylamine groups is 2. The predicted octanol–water partition coefficient (Wildman–Crippen LogP) is -1.17. The van der Waals surface area contributed by atoms with Crippen molar-refractivity contribution in [3.05, 3.63) is 0 Å². The number of nitrogens with one attached hydrogen (secondary N) is 2. The van der Waals surface area contributed by atoms with E-state index in [0.29, 0.717) is 0 Å². The standard InChI is InChI=1S/C9H17N3O6/c1-4-9(5-16-8(10)15,6(13)17-11-2)7(14)18-12-3/h11-12H,4-5H2,1-3H3,(H2,10,15). The highest BCUT2D eigenvalue weighted by molar-refractivity contribution is 6.00. The zero-order valence-corrected chi connectivity index (χ0v) is 10.4. The summed E-state index contributed by atoms with van der Waals surface area (Å²) in [5.41, 5.74) is 7.31. The van der Waals surface area contributed by atoms with Gasteiger partial charge in [-0.2, -0.15) is 11.0 Å². The number of nitrogens with two attached hydrogens (primary N) is 1. The zero-order valence-electron chi connectivity index (χ0n) is 10.4. The summed E-state index contributed by atoms with van der Waals surface area (Å²) in [6.45, 7) is 0.970. The SMILES string of the molecule is CCC(COC(N)=O)(C(=O)ONC)C(=O)ONC. The van der Waals surface area contributed by atoms with Gasteiger partial charge in [0.25, 0.3) is 0 Å². The molecule has 0 radical (unpaired) electrons. The molecule has 9 heteroatoms. The van der Waals surface area contributed by atoms with Gasteiger partial charge in [0.1, 0.15) is 6.61 Å². The number of carbonyl (C=O) groups is 3. The highest BCUT2D eigenvalue weighted by atomic mass is 16.7. The summed E-state index contributed by atoms with van der Waals surface area (Å²) in [6.07, 6.45) is -1.11. The molecule has 0 aromatic carbocycles. The Hall–Kier alpha value is -1.87. The molecule has 104 valence electrons. The minimum Gasteiger partial charge on any atom is -0.448 e. The maximum Gasteiger partial charge on any atom is 0.404 e. The van der Waals surface area contributed by atoms with Gasteiger partial charge in [-0.05, 0) is 6.42 Å². The van der Waals surface area contributed by atoms with Crippen molar-refractivity contribution in [1.29, 1.82) is 0 Å². The fraction of sp³-hybridized carbons (Fsp3) is 0.667. The Bertz CT molecular complexity index is 301. The smallest absolute Gasteiger partial charge is 0.404 e. The lowest BCUT2D eigenvalue weighted by Gasteiger charge is -2.26. The summed E-state index contributed by atoms with van der Waals surface area (Å²) < 4.78 is 4.51. The number of carbonyl (C=O) groups excluding carboxylic acids is 3. The molecule has 0 aromatic rings. The lowest BCUT2D eigenvalue weighted by molar-refractivity contribution is -0.183. The molecule has 0 aliphatic rings. The number of primary amides is 1. The van der Waals surface area contributed by atoms with E-state index in [-0.39, 0.29) is 6.42 Å². The first-order valence-corrected chi connectivity index (χ1v) is 5.12. The summed E-state index contributed by atoms with van der Waals surface area (Å²) in [7, 11) is 2.69. The number of rotatable bonds is 7. The minimum atomic E-state index is -1.78. The van der Waals surface area contributed by atoms with Gasteiger partial charge in [0.05, 0.1) is 0 Å². The van der Waals surface area contributed by atoms with E-state index in [1.165, 1.54) is 21.0 Å². The molecule has 0 aliphatic heterocycles. The van der Waals surface area contributed by atoms with E-state index >= 15 is 0 Å².